The van der Waals surface area contributed by atoms with Crippen LogP contribution in [-0.4, -0.2) is 5.78 Å². The van der Waals surface area contributed by atoms with Crippen LogP contribution >= 0.6 is 0 Å². The van der Waals surface area contributed by atoms with Crippen LogP contribution in [0, 0.1) is 17.8 Å². The van der Waals surface area contributed by atoms with E-state index in [4.69, 9.17) is 0 Å². The second-order valence-corrected chi connectivity index (χ2v) is 5.40. The quantitative estimate of drug-likeness (QED) is 0.623. The molecular weight excluding hydrogens is 172 g/mol. The van der Waals surface area contributed by atoms with Crippen LogP contribution in [0.5, 0.6) is 0 Å². The van der Waals surface area contributed by atoms with Gasteiger partial charge in [0, 0.05) is 12.8 Å². The largest absolute Gasteiger partial charge is 0.300 e. The Morgan fingerprint density at radius 3 is 1.93 bits per heavy atom. The number of carbonyl (C=O) groups is 1. The normalized spacial score (nSPS) is 35.9. The minimum absolute atomic E-state index is 0.505. The molecule has 2 aliphatic rings. The predicted molar refractivity (Wildman–Crippen MR) is 58.1 cm³/mol. The first-order valence-corrected chi connectivity index (χ1v) is 6.27. The first-order chi connectivity index (χ1) is 6.75. The van der Waals surface area contributed by atoms with Crippen molar-refractivity contribution in [1.82, 2.24) is 0 Å². The molecule has 0 unspecified atom stereocenters. The summed E-state index contributed by atoms with van der Waals surface area (Å²) in [5, 5.41) is 0. The molecule has 2 rings (SSSR count). The van der Waals surface area contributed by atoms with Crippen molar-refractivity contribution in [3.8, 4) is 0 Å². The Morgan fingerprint density at radius 1 is 0.857 bits per heavy atom. The van der Waals surface area contributed by atoms with Gasteiger partial charge in [0.15, 0.2) is 0 Å². The molecule has 0 spiro atoms. The van der Waals surface area contributed by atoms with Crippen molar-refractivity contribution < 1.29 is 4.79 Å². The van der Waals surface area contributed by atoms with E-state index in [-0.39, 0.29) is 0 Å². The summed E-state index contributed by atoms with van der Waals surface area (Å²) in [6.45, 7) is 2.38. The van der Waals surface area contributed by atoms with E-state index in [0.29, 0.717) is 5.78 Å². The van der Waals surface area contributed by atoms with Gasteiger partial charge in [0.2, 0.25) is 0 Å². The van der Waals surface area contributed by atoms with Gasteiger partial charge in [-0.2, -0.15) is 0 Å². The van der Waals surface area contributed by atoms with E-state index in [9.17, 15) is 4.79 Å². The minimum Gasteiger partial charge on any atom is -0.300 e. The maximum atomic E-state index is 11.1. The molecule has 2 aliphatic carbocycles. The number of hydrogen-bond donors (Lipinski definition) is 0. The summed E-state index contributed by atoms with van der Waals surface area (Å²) in [6, 6.07) is 0. The van der Waals surface area contributed by atoms with Crippen molar-refractivity contribution >= 4 is 5.78 Å². The highest BCUT2D eigenvalue weighted by Crippen LogP contribution is 2.38. The topological polar surface area (TPSA) is 17.1 Å². The summed E-state index contributed by atoms with van der Waals surface area (Å²) in [5.41, 5.74) is 0. The van der Waals surface area contributed by atoms with E-state index in [1.165, 1.54) is 38.5 Å². The van der Waals surface area contributed by atoms with Crippen LogP contribution in [-0.2, 0) is 4.79 Å². The van der Waals surface area contributed by atoms with Crippen molar-refractivity contribution in [3.63, 3.8) is 0 Å². The summed E-state index contributed by atoms with van der Waals surface area (Å²) in [6.07, 6.45) is 9.84. The standard InChI is InChI=1S/C13H22O/c1-10-2-4-11(5-3-10)12-6-8-13(14)9-7-12/h10-12H,2-9H2,1H3/t10-,11-. The van der Waals surface area contributed by atoms with E-state index in [1.54, 1.807) is 0 Å². The molecule has 0 aromatic rings. The predicted octanol–water partition coefficient (Wildman–Crippen LogP) is 3.57. The highest BCUT2D eigenvalue weighted by atomic mass is 16.1. The van der Waals surface area contributed by atoms with E-state index < -0.39 is 0 Å². The zero-order chi connectivity index (χ0) is 9.97. The third-order valence-electron chi connectivity index (χ3n) is 4.32. The maximum absolute atomic E-state index is 11.1. The van der Waals surface area contributed by atoms with Crippen LogP contribution in [0.15, 0.2) is 0 Å². The molecule has 0 bridgehead atoms. The molecule has 1 nitrogen and oxygen atoms in total. The molecule has 80 valence electrons. The van der Waals surface area contributed by atoms with Gasteiger partial charge in [-0.1, -0.05) is 19.8 Å². The fourth-order valence-electron chi connectivity index (χ4n) is 3.19. The average Bonchev–Trinajstić information content (AvgIpc) is 2.21. The summed E-state index contributed by atoms with van der Waals surface area (Å²) < 4.78 is 0. The Balaban J connectivity index is 1.81. The van der Waals surface area contributed by atoms with Crippen molar-refractivity contribution in [2.75, 3.05) is 0 Å². The Morgan fingerprint density at radius 2 is 1.36 bits per heavy atom. The van der Waals surface area contributed by atoms with Gasteiger partial charge in [-0.25, -0.2) is 0 Å². The van der Waals surface area contributed by atoms with Gasteiger partial charge in [-0.15, -0.1) is 0 Å². The Hall–Kier alpha value is -0.330. The number of rotatable bonds is 1. The number of ketones is 1. The molecule has 0 radical (unpaired) electrons. The third-order valence-corrected chi connectivity index (χ3v) is 4.32. The molecule has 14 heavy (non-hydrogen) atoms. The third kappa shape index (κ3) is 2.37. The second-order valence-electron chi connectivity index (χ2n) is 5.40. The molecule has 0 aromatic carbocycles. The monoisotopic (exact) mass is 194 g/mol. The van der Waals surface area contributed by atoms with Gasteiger partial charge in [-0.05, 0) is 43.4 Å². The van der Waals surface area contributed by atoms with Crippen molar-refractivity contribution in [2.24, 2.45) is 17.8 Å². The molecule has 1 heteroatoms. The zero-order valence-electron chi connectivity index (χ0n) is 9.30. The first kappa shape index (κ1) is 10.2. The number of hydrogen-bond acceptors (Lipinski definition) is 1. The summed E-state index contributed by atoms with van der Waals surface area (Å²) in [4.78, 5) is 11.1. The van der Waals surface area contributed by atoms with Crippen LogP contribution in [0.4, 0.5) is 0 Å². The lowest BCUT2D eigenvalue weighted by molar-refractivity contribution is -0.121. The summed E-state index contributed by atoms with van der Waals surface area (Å²) in [5.74, 6) is 3.31. The van der Waals surface area contributed by atoms with Crippen LogP contribution in [0.25, 0.3) is 0 Å². The smallest absolute Gasteiger partial charge is 0.132 e. The van der Waals surface area contributed by atoms with Crippen molar-refractivity contribution in [3.05, 3.63) is 0 Å². The molecule has 0 heterocycles. The molecular formula is C13H22O. The van der Waals surface area contributed by atoms with Gasteiger partial charge in [0.1, 0.15) is 5.78 Å². The average molecular weight is 194 g/mol. The molecule has 0 N–H and O–H groups in total. The Kier molecular flexibility index (Phi) is 3.25. The number of carbonyl (C=O) groups excluding carboxylic acids is 1. The van der Waals surface area contributed by atoms with Gasteiger partial charge >= 0.3 is 0 Å². The molecule has 0 aromatic heterocycles. The molecule has 0 atom stereocenters. The van der Waals surface area contributed by atoms with E-state index in [1.807, 2.05) is 0 Å². The molecule has 0 saturated heterocycles. The molecule has 0 amide bonds. The lowest BCUT2D eigenvalue weighted by Crippen LogP contribution is -2.25. The molecule has 0 aliphatic heterocycles. The lowest BCUT2D eigenvalue weighted by atomic mass is 9.71. The summed E-state index contributed by atoms with van der Waals surface area (Å²) >= 11 is 0. The van der Waals surface area contributed by atoms with Gasteiger partial charge in [0.05, 0.1) is 0 Å². The maximum Gasteiger partial charge on any atom is 0.132 e. The van der Waals surface area contributed by atoms with E-state index in [0.717, 1.165) is 30.6 Å². The Bertz CT molecular complexity index is 191. The SMILES string of the molecule is C[C@H]1CC[C@H](C2CCC(=O)CC2)CC1. The fourth-order valence-corrected chi connectivity index (χ4v) is 3.19. The van der Waals surface area contributed by atoms with Crippen LogP contribution in [0.1, 0.15) is 58.3 Å². The van der Waals surface area contributed by atoms with Crippen LogP contribution in [0.3, 0.4) is 0 Å². The fraction of sp³-hybridized carbons (Fsp3) is 0.923. The highest BCUT2D eigenvalue weighted by molar-refractivity contribution is 5.79. The zero-order valence-corrected chi connectivity index (χ0v) is 9.30. The number of Topliss-reactive ketones (excluding diaryl/α,β-unsaturated/α-hetero) is 1. The second kappa shape index (κ2) is 4.46. The van der Waals surface area contributed by atoms with Gasteiger partial charge in [0.25, 0.3) is 0 Å². The van der Waals surface area contributed by atoms with Gasteiger partial charge in [-0.3, -0.25) is 4.79 Å². The van der Waals surface area contributed by atoms with Gasteiger partial charge < -0.3 is 0 Å². The van der Waals surface area contributed by atoms with E-state index >= 15 is 0 Å². The molecule has 2 fully saturated rings. The van der Waals surface area contributed by atoms with E-state index in [2.05, 4.69) is 6.92 Å². The highest BCUT2D eigenvalue weighted by Gasteiger charge is 2.28. The van der Waals surface area contributed by atoms with Crippen molar-refractivity contribution in [2.45, 2.75) is 58.3 Å². The van der Waals surface area contributed by atoms with Crippen LogP contribution in [0.2, 0.25) is 0 Å². The molecule has 2 saturated carbocycles. The minimum atomic E-state index is 0.505. The van der Waals surface area contributed by atoms with Crippen molar-refractivity contribution in [1.29, 1.82) is 0 Å². The summed E-state index contributed by atoms with van der Waals surface area (Å²) in [7, 11) is 0. The Labute approximate surface area is 87.3 Å². The van der Waals surface area contributed by atoms with Crippen LogP contribution < -0.4 is 0 Å². The lowest BCUT2D eigenvalue weighted by Gasteiger charge is -2.34. The first-order valence-electron chi connectivity index (χ1n) is 6.27.